The average Bonchev–Trinajstić information content (AvgIpc) is 3.77. The lowest BCUT2D eigenvalue weighted by molar-refractivity contribution is -0.122. The van der Waals surface area contributed by atoms with Crippen LogP contribution in [0.1, 0.15) is 67.2 Å². The van der Waals surface area contributed by atoms with E-state index in [2.05, 4.69) is 20.4 Å². The van der Waals surface area contributed by atoms with Crippen LogP contribution >= 0.6 is 11.3 Å². The monoisotopic (exact) mass is 643 g/mol. The molecule has 4 bridgehead atoms. The summed E-state index contributed by atoms with van der Waals surface area (Å²) in [6, 6.07) is 7.68. The number of hydrogen-bond acceptors (Lipinski definition) is 9. The smallest absolute Gasteiger partial charge is 0.265 e. The van der Waals surface area contributed by atoms with Gasteiger partial charge in [-0.05, 0) is 39.7 Å². The number of rotatable bonds is 2. The number of aryl methyl sites for hydroxylation is 3. The Morgan fingerprint density at radius 2 is 1.91 bits per heavy atom. The second-order valence-electron chi connectivity index (χ2n) is 12.4. The number of carbonyl (C=O) groups is 3. The van der Waals surface area contributed by atoms with Crippen LogP contribution in [-0.4, -0.2) is 93.0 Å². The normalized spacial score (nSPS) is 21.9. The molecule has 4 aliphatic rings. The molecule has 0 unspecified atom stereocenters. The molecule has 1 fully saturated rings. The van der Waals surface area contributed by atoms with Gasteiger partial charge < -0.3 is 24.6 Å². The van der Waals surface area contributed by atoms with Crippen LogP contribution in [-0.2, 0) is 4.79 Å². The van der Waals surface area contributed by atoms with E-state index in [1.54, 1.807) is 27.9 Å². The Morgan fingerprint density at radius 3 is 2.74 bits per heavy atom. The van der Waals surface area contributed by atoms with Crippen molar-refractivity contribution in [2.75, 3.05) is 45.9 Å². The van der Waals surface area contributed by atoms with Crippen LogP contribution in [0.3, 0.4) is 0 Å². The van der Waals surface area contributed by atoms with Crippen molar-refractivity contribution in [3.8, 4) is 11.5 Å². The fourth-order valence-corrected chi connectivity index (χ4v) is 7.90. The Bertz CT molecular complexity index is 1840. The van der Waals surface area contributed by atoms with Gasteiger partial charge in [0.15, 0.2) is 17.1 Å². The first-order valence-electron chi connectivity index (χ1n) is 15.7. The lowest BCUT2D eigenvalue weighted by Crippen LogP contribution is -2.48. The molecule has 4 aliphatic heterocycles. The van der Waals surface area contributed by atoms with Crippen molar-refractivity contribution in [2.24, 2.45) is 5.41 Å². The summed E-state index contributed by atoms with van der Waals surface area (Å²) >= 11 is 1.42. The summed E-state index contributed by atoms with van der Waals surface area (Å²) in [4.78, 5) is 53.9. The molecule has 0 saturated carbocycles. The number of thiazole rings is 1. The molecule has 1 spiro atoms. The second kappa shape index (κ2) is 12.0. The van der Waals surface area contributed by atoms with Gasteiger partial charge in [-0.3, -0.25) is 14.4 Å². The molecule has 1 aromatic carbocycles. The maximum absolute atomic E-state index is 13.7. The molecular weight excluding hydrogens is 606 g/mol. The lowest BCUT2D eigenvalue weighted by Gasteiger charge is -2.40. The number of nitrogens with one attached hydrogen (secondary N) is 1. The molecule has 46 heavy (non-hydrogen) atoms. The first kappa shape index (κ1) is 30.2. The predicted octanol–water partition coefficient (Wildman–Crippen LogP) is 3.55. The van der Waals surface area contributed by atoms with E-state index >= 15 is 0 Å². The lowest BCUT2D eigenvalue weighted by atomic mass is 9.73. The molecule has 3 aromatic heterocycles. The van der Waals surface area contributed by atoms with Gasteiger partial charge in [0, 0.05) is 68.3 Å². The van der Waals surface area contributed by atoms with E-state index < -0.39 is 5.41 Å². The second-order valence-corrected chi connectivity index (χ2v) is 13.6. The number of hydrogen-bond donors (Lipinski definition) is 1. The van der Waals surface area contributed by atoms with Crippen LogP contribution in [0.15, 0.2) is 36.7 Å². The highest BCUT2D eigenvalue weighted by Gasteiger charge is 2.53. The van der Waals surface area contributed by atoms with Gasteiger partial charge in [-0.15, -0.1) is 11.3 Å². The number of aromatic nitrogens is 4. The number of para-hydroxylation sites is 1. The highest BCUT2D eigenvalue weighted by Crippen LogP contribution is 2.52. The molecule has 1 saturated heterocycles. The third kappa shape index (κ3) is 5.36. The summed E-state index contributed by atoms with van der Waals surface area (Å²) in [6.45, 7) is 8.56. The third-order valence-corrected chi connectivity index (χ3v) is 10.5. The zero-order chi connectivity index (χ0) is 32.0. The van der Waals surface area contributed by atoms with Crippen molar-refractivity contribution in [3.63, 3.8) is 0 Å². The molecule has 0 radical (unpaired) electrons. The zero-order valence-corrected chi connectivity index (χ0v) is 27.1. The molecule has 240 valence electrons. The van der Waals surface area contributed by atoms with Crippen LogP contribution in [0.5, 0.6) is 11.5 Å². The summed E-state index contributed by atoms with van der Waals surface area (Å²) in [5, 5.41) is 8.32. The van der Waals surface area contributed by atoms with Crippen LogP contribution in [0.2, 0.25) is 0 Å². The molecule has 13 heteroatoms. The number of benzene rings is 1. The van der Waals surface area contributed by atoms with Gasteiger partial charge >= 0.3 is 0 Å². The molecule has 7 heterocycles. The van der Waals surface area contributed by atoms with Crippen LogP contribution in [0, 0.1) is 26.2 Å². The van der Waals surface area contributed by atoms with E-state index in [4.69, 9.17) is 9.47 Å². The molecular formula is C33H37N7O5S. The highest BCUT2D eigenvalue weighted by atomic mass is 32.1. The number of likely N-dealkylation sites (tertiary alicyclic amines) is 1. The molecule has 0 aliphatic carbocycles. The van der Waals surface area contributed by atoms with Gasteiger partial charge in [-0.25, -0.2) is 14.5 Å². The maximum atomic E-state index is 13.7. The largest absolute Gasteiger partial charge is 0.490 e. The van der Waals surface area contributed by atoms with Crippen molar-refractivity contribution in [1.29, 1.82) is 0 Å². The molecule has 4 aromatic rings. The Balaban J connectivity index is 1.14. The van der Waals surface area contributed by atoms with E-state index in [9.17, 15) is 14.4 Å². The average molecular weight is 644 g/mol. The molecule has 12 nitrogen and oxygen atoms in total. The fourth-order valence-electron chi connectivity index (χ4n) is 7.01. The van der Waals surface area contributed by atoms with Gasteiger partial charge in [0.1, 0.15) is 4.88 Å². The van der Waals surface area contributed by atoms with Crippen LogP contribution in [0.25, 0.3) is 5.65 Å². The minimum Gasteiger partial charge on any atom is -0.490 e. The summed E-state index contributed by atoms with van der Waals surface area (Å²) in [5.41, 5.74) is 3.09. The van der Waals surface area contributed by atoms with E-state index in [0.717, 1.165) is 16.3 Å². The molecule has 3 amide bonds. The van der Waals surface area contributed by atoms with Crippen LogP contribution < -0.4 is 14.8 Å². The highest BCUT2D eigenvalue weighted by molar-refractivity contribution is 7.13. The van der Waals surface area contributed by atoms with Crippen molar-refractivity contribution in [2.45, 2.75) is 46.0 Å². The first-order chi connectivity index (χ1) is 22.2. The van der Waals surface area contributed by atoms with Gasteiger partial charge in [0.25, 0.3) is 11.8 Å². The Kier molecular flexibility index (Phi) is 7.87. The number of nitrogens with zero attached hydrogens (tertiary/aromatic N) is 6. The fraction of sp³-hybridized carbons (Fsp3) is 0.455. The minimum absolute atomic E-state index is 0.0371. The molecule has 8 rings (SSSR count). The quantitative estimate of drug-likeness (QED) is 0.351. The van der Waals surface area contributed by atoms with Crippen molar-refractivity contribution in [3.05, 3.63) is 69.1 Å². The Hall–Kier alpha value is -4.52. The number of fused-ring (bicyclic) bond motifs is 12. The topological polar surface area (TPSA) is 131 Å². The molecule has 1 N–H and O–H groups in total. The zero-order valence-electron chi connectivity index (χ0n) is 26.2. The third-order valence-electron chi connectivity index (χ3n) is 9.39. The van der Waals surface area contributed by atoms with Gasteiger partial charge in [0.05, 0.1) is 41.4 Å². The minimum atomic E-state index is -0.501. The summed E-state index contributed by atoms with van der Waals surface area (Å²) in [6.07, 6.45) is 4.60. The van der Waals surface area contributed by atoms with E-state index in [1.165, 1.54) is 11.3 Å². The van der Waals surface area contributed by atoms with Crippen LogP contribution in [0.4, 0.5) is 0 Å². The van der Waals surface area contributed by atoms with Crippen molar-refractivity contribution < 1.29 is 23.9 Å². The number of amides is 3. The predicted molar refractivity (Wildman–Crippen MR) is 171 cm³/mol. The van der Waals surface area contributed by atoms with Gasteiger partial charge in [-0.1, -0.05) is 12.1 Å². The first-order valence-corrected chi connectivity index (χ1v) is 16.5. The van der Waals surface area contributed by atoms with E-state index in [-0.39, 0.29) is 30.1 Å². The van der Waals surface area contributed by atoms with Gasteiger partial charge in [-0.2, -0.15) is 5.10 Å². The summed E-state index contributed by atoms with van der Waals surface area (Å²) in [5.74, 6) is 1.00. The Labute approximate surface area is 270 Å². The van der Waals surface area contributed by atoms with E-state index in [0.29, 0.717) is 92.1 Å². The van der Waals surface area contributed by atoms with E-state index in [1.807, 2.05) is 43.9 Å². The summed E-state index contributed by atoms with van der Waals surface area (Å²) < 4.78 is 14.4. The van der Waals surface area contributed by atoms with Crippen molar-refractivity contribution >= 4 is 34.7 Å². The maximum Gasteiger partial charge on any atom is 0.265 e. The van der Waals surface area contributed by atoms with Gasteiger partial charge in [0.2, 0.25) is 5.91 Å². The number of carbonyl (C=O) groups excluding carboxylic acids is 3. The number of ether oxygens (including phenoxy) is 2. The Morgan fingerprint density at radius 1 is 1.07 bits per heavy atom. The summed E-state index contributed by atoms with van der Waals surface area (Å²) in [7, 11) is 0. The van der Waals surface area contributed by atoms with Crippen molar-refractivity contribution in [1.82, 2.24) is 34.7 Å². The standard InChI is InChI=1S/C33H37N7O5S/c1-20-30(46-22(3)37-20)32(43)39-16-25-23-7-4-8-26-29(23)45-19-33(25,18-39)17-35-28(41)9-5-12-38(13-6-14-44-26)31(42)24-15-34-27-10-11-36-40(27)21(24)2/h4,7-8,10-11,15,25H,5-6,9,12-14,16-19H2,1-3H3,(H,35,41)/t25-,33+/m0/s1. The molecule has 2 atom stereocenters. The SMILES string of the molecule is Cc1nc(C)c(C(=O)N2C[C@H]3c4cccc5c4OC[C@@]3(CNC(=O)CCCN(C(=O)c3cnc4ccnn4c3C)CCCO5)C2)s1.